The molecule has 0 rings (SSSR count). The van der Waals surface area contributed by atoms with Crippen molar-refractivity contribution in [3.05, 3.63) is 0 Å². The van der Waals surface area contributed by atoms with Crippen molar-refractivity contribution in [1.82, 2.24) is 4.90 Å². The van der Waals surface area contributed by atoms with E-state index in [9.17, 15) is 0 Å². The summed E-state index contributed by atoms with van der Waals surface area (Å²) in [6.07, 6.45) is 4.64. The maximum absolute atomic E-state index is 7.46. The van der Waals surface area contributed by atoms with Crippen molar-refractivity contribution in [2.24, 2.45) is 11.1 Å². The lowest BCUT2D eigenvalue weighted by Gasteiger charge is -2.24. The minimum atomic E-state index is -0.133. The van der Waals surface area contributed by atoms with Gasteiger partial charge in [0.25, 0.3) is 0 Å². The molecule has 0 amide bonds. The van der Waals surface area contributed by atoms with Crippen LogP contribution in [0.5, 0.6) is 0 Å². The molecule has 0 aromatic heterocycles. The Morgan fingerprint density at radius 2 is 1.80 bits per heavy atom. The van der Waals surface area contributed by atoms with Gasteiger partial charge < -0.3 is 10.6 Å². The van der Waals surface area contributed by atoms with E-state index in [0.717, 1.165) is 19.4 Å². The first-order valence-electron chi connectivity index (χ1n) is 5.93. The predicted octanol–water partition coefficient (Wildman–Crippen LogP) is 2.46. The highest BCUT2D eigenvalue weighted by Crippen LogP contribution is 2.21. The van der Waals surface area contributed by atoms with E-state index in [-0.39, 0.29) is 5.41 Å². The van der Waals surface area contributed by atoms with Gasteiger partial charge in [-0.15, -0.1) is 0 Å². The molecule has 0 spiro atoms. The van der Waals surface area contributed by atoms with Crippen LogP contribution in [0.1, 0.15) is 46.5 Å². The average Bonchev–Trinajstić information content (AvgIpc) is 2.14. The van der Waals surface area contributed by atoms with Crippen LogP contribution in [-0.4, -0.2) is 30.9 Å². The minimum absolute atomic E-state index is 0.133. The zero-order valence-corrected chi connectivity index (χ0v) is 10.8. The summed E-state index contributed by atoms with van der Waals surface area (Å²) in [4.78, 5) is 2.36. The highest BCUT2D eigenvalue weighted by atomic mass is 15.1. The van der Waals surface area contributed by atoms with Gasteiger partial charge in [-0.3, -0.25) is 5.41 Å². The van der Waals surface area contributed by atoms with Gasteiger partial charge in [0.1, 0.15) is 0 Å². The Labute approximate surface area is 94.5 Å². The minimum Gasteiger partial charge on any atom is -0.387 e. The Kier molecular flexibility index (Phi) is 6.57. The first kappa shape index (κ1) is 14.4. The molecule has 0 aliphatic carbocycles. The molecule has 3 N–H and O–H groups in total. The predicted molar refractivity (Wildman–Crippen MR) is 67.3 cm³/mol. The van der Waals surface area contributed by atoms with Crippen LogP contribution in [0.4, 0.5) is 0 Å². The molecule has 0 aromatic carbocycles. The molecule has 0 saturated heterocycles. The number of nitrogens with one attached hydrogen (secondary N) is 1. The number of nitrogens with zero attached hydrogens (tertiary/aromatic N) is 1. The van der Waals surface area contributed by atoms with Crippen LogP contribution in [-0.2, 0) is 0 Å². The van der Waals surface area contributed by atoms with E-state index in [1.165, 1.54) is 19.4 Å². The second kappa shape index (κ2) is 6.83. The maximum atomic E-state index is 7.46. The van der Waals surface area contributed by atoms with Gasteiger partial charge in [-0.05, 0) is 39.4 Å². The largest absolute Gasteiger partial charge is 0.387 e. The van der Waals surface area contributed by atoms with E-state index in [4.69, 9.17) is 11.1 Å². The summed E-state index contributed by atoms with van der Waals surface area (Å²) in [6, 6.07) is 0. The highest BCUT2D eigenvalue weighted by Gasteiger charge is 2.20. The molecular weight excluding hydrogens is 186 g/mol. The molecule has 0 fully saturated rings. The standard InChI is InChI=1S/C12H27N3/c1-5-6-9-15(4)10-7-8-12(2,3)11(13)14/h5-10H2,1-4H3,(H3,13,14). The zero-order valence-electron chi connectivity index (χ0n) is 10.8. The molecule has 15 heavy (non-hydrogen) atoms. The fourth-order valence-electron chi connectivity index (χ4n) is 1.47. The number of unbranched alkanes of at least 4 members (excludes halogenated alkanes) is 1. The molecule has 0 saturated carbocycles. The summed E-state index contributed by atoms with van der Waals surface area (Å²) in [5.74, 6) is 0.304. The fraction of sp³-hybridized carbons (Fsp3) is 0.917. The Morgan fingerprint density at radius 1 is 1.27 bits per heavy atom. The summed E-state index contributed by atoms with van der Waals surface area (Å²) in [5.41, 5.74) is 5.40. The van der Waals surface area contributed by atoms with Gasteiger partial charge in [0, 0.05) is 5.41 Å². The van der Waals surface area contributed by atoms with E-state index in [0.29, 0.717) is 5.84 Å². The summed E-state index contributed by atoms with van der Waals surface area (Å²) < 4.78 is 0. The van der Waals surface area contributed by atoms with E-state index in [1.807, 2.05) is 13.8 Å². The molecule has 3 heteroatoms. The molecule has 0 aliphatic heterocycles. The van der Waals surface area contributed by atoms with Crippen molar-refractivity contribution in [3.8, 4) is 0 Å². The van der Waals surface area contributed by atoms with E-state index in [1.54, 1.807) is 0 Å². The maximum Gasteiger partial charge on any atom is 0.0963 e. The first-order chi connectivity index (χ1) is 6.90. The van der Waals surface area contributed by atoms with E-state index < -0.39 is 0 Å². The second-order valence-corrected chi connectivity index (χ2v) is 5.06. The van der Waals surface area contributed by atoms with Crippen LogP contribution in [0.2, 0.25) is 0 Å². The third-order valence-electron chi connectivity index (χ3n) is 2.96. The summed E-state index contributed by atoms with van der Waals surface area (Å²) >= 11 is 0. The van der Waals surface area contributed by atoms with Crippen molar-refractivity contribution in [1.29, 1.82) is 5.41 Å². The summed E-state index contributed by atoms with van der Waals surface area (Å²) in [6.45, 7) is 8.59. The Morgan fingerprint density at radius 3 is 2.27 bits per heavy atom. The number of amidine groups is 1. The fourth-order valence-corrected chi connectivity index (χ4v) is 1.47. The van der Waals surface area contributed by atoms with Crippen LogP contribution < -0.4 is 5.73 Å². The second-order valence-electron chi connectivity index (χ2n) is 5.06. The smallest absolute Gasteiger partial charge is 0.0963 e. The monoisotopic (exact) mass is 213 g/mol. The normalized spacial score (nSPS) is 12.1. The number of nitrogens with two attached hydrogens (primary N) is 1. The van der Waals surface area contributed by atoms with Gasteiger partial charge in [-0.1, -0.05) is 27.2 Å². The lowest BCUT2D eigenvalue weighted by molar-refractivity contribution is 0.302. The molecule has 0 bridgehead atoms. The van der Waals surface area contributed by atoms with Gasteiger partial charge in [0.2, 0.25) is 0 Å². The Bertz CT molecular complexity index is 187. The van der Waals surface area contributed by atoms with Crippen molar-refractivity contribution >= 4 is 5.84 Å². The van der Waals surface area contributed by atoms with Crippen LogP contribution >= 0.6 is 0 Å². The molecular formula is C12H27N3. The van der Waals surface area contributed by atoms with Gasteiger partial charge in [-0.25, -0.2) is 0 Å². The average molecular weight is 213 g/mol. The van der Waals surface area contributed by atoms with Gasteiger partial charge >= 0.3 is 0 Å². The highest BCUT2D eigenvalue weighted by molar-refractivity contribution is 5.82. The van der Waals surface area contributed by atoms with Crippen LogP contribution in [0, 0.1) is 10.8 Å². The summed E-state index contributed by atoms with van der Waals surface area (Å²) in [7, 11) is 2.16. The van der Waals surface area contributed by atoms with Crippen molar-refractivity contribution in [3.63, 3.8) is 0 Å². The third-order valence-corrected chi connectivity index (χ3v) is 2.96. The topological polar surface area (TPSA) is 53.1 Å². The quantitative estimate of drug-likeness (QED) is 0.481. The van der Waals surface area contributed by atoms with Crippen molar-refractivity contribution in [2.75, 3.05) is 20.1 Å². The van der Waals surface area contributed by atoms with Crippen LogP contribution in [0.3, 0.4) is 0 Å². The Balaban J connectivity index is 3.65. The van der Waals surface area contributed by atoms with Gasteiger partial charge in [0.05, 0.1) is 5.84 Å². The van der Waals surface area contributed by atoms with E-state index in [2.05, 4.69) is 18.9 Å². The lowest BCUT2D eigenvalue weighted by atomic mass is 9.86. The molecule has 0 aliphatic rings. The molecule has 3 nitrogen and oxygen atoms in total. The van der Waals surface area contributed by atoms with Crippen LogP contribution in [0.25, 0.3) is 0 Å². The summed E-state index contributed by atoms with van der Waals surface area (Å²) in [5, 5.41) is 7.46. The van der Waals surface area contributed by atoms with Crippen molar-refractivity contribution < 1.29 is 0 Å². The number of hydrogen-bond donors (Lipinski definition) is 2. The lowest BCUT2D eigenvalue weighted by Crippen LogP contribution is -2.32. The third kappa shape index (κ3) is 6.50. The molecule has 90 valence electrons. The number of rotatable bonds is 8. The SMILES string of the molecule is CCCCN(C)CCCC(C)(C)C(=N)N. The molecule has 0 aromatic rings. The van der Waals surface area contributed by atoms with Crippen LogP contribution in [0.15, 0.2) is 0 Å². The first-order valence-corrected chi connectivity index (χ1v) is 5.93. The van der Waals surface area contributed by atoms with Gasteiger partial charge in [-0.2, -0.15) is 0 Å². The molecule has 0 radical (unpaired) electrons. The molecule has 0 unspecified atom stereocenters. The van der Waals surface area contributed by atoms with Crippen molar-refractivity contribution in [2.45, 2.75) is 46.5 Å². The number of hydrogen-bond acceptors (Lipinski definition) is 2. The zero-order chi connectivity index (χ0) is 11.9. The molecule has 0 atom stereocenters. The van der Waals surface area contributed by atoms with Gasteiger partial charge in [0.15, 0.2) is 0 Å². The van der Waals surface area contributed by atoms with E-state index >= 15 is 0 Å². The molecule has 0 heterocycles. The Hall–Kier alpha value is -0.570.